The minimum Gasteiger partial charge on any atom is -0.312 e. The van der Waals surface area contributed by atoms with E-state index in [1.807, 2.05) is 122 Å². The van der Waals surface area contributed by atoms with Crippen molar-refractivity contribution < 1.29 is 9.59 Å². The Labute approximate surface area is 357 Å². The number of allylic oxidation sites excluding steroid dienone is 1. The highest BCUT2D eigenvalue weighted by atomic mass is 16.2. The predicted molar refractivity (Wildman–Crippen MR) is 244 cm³/mol. The Morgan fingerprint density at radius 2 is 1.21 bits per heavy atom. The van der Waals surface area contributed by atoms with Gasteiger partial charge in [-0.05, 0) is 83.5 Å². The van der Waals surface area contributed by atoms with Crippen molar-refractivity contribution in [2.45, 2.75) is 40.0 Å². The molecule has 6 aromatic carbocycles. The number of anilines is 1. The quantitative estimate of drug-likeness (QED) is 0.0963. The van der Waals surface area contributed by atoms with Crippen LogP contribution < -0.4 is 4.90 Å². The van der Waals surface area contributed by atoms with Gasteiger partial charge in [0.25, 0.3) is 11.8 Å². The summed E-state index contributed by atoms with van der Waals surface area (Å²) >= 11 is 0. The third-order valence-electron chi connectivity index (χ3n) is 13.8. The van der Waals surface area contributed by atoms with Crippen molar-refractivity contribution >= 4 is 28.4 Å². The molecule has 2 aliphatic rings. The van der Waals surface area contributed by atoms with E-state index in [0.29, 0.717) is 28.1 Å². The van der Waals surface area contributed by atoms with Crippen LogP contribution in [-0.2, 0) is 6.42 Å². The summed E-state index contributed by atoms with van der Waals surface area (Å²) in [4.78, 5) is 31.9. The van der Waals surface area contributed by atoms with E-state index in [4.69, 9.17) is 0 Å². The first-order chi connectivity index (χ1) is 29.7. The first-order valence-electron chi connectivity index (χ1n) is 21.1. The molecule has 7 aromatic rings. The number of para-hydroxylation sites is 2. The van der Waals surface area contributed by atoms with Gasteiger partial charge in [-0.25, -0.2) is 4.90 Å². The van der Waals surface area contributed by atoms with Gasteiger partial charge in [0.15, 0.2) is 0 Å². The van der Waals surface area contributed by atoms with Crippen LogP contribution in [0.25, 0.3) is 50.0 Å². The molecule has 0 radical (unpaired) electrons. The second-order valence-electron chi connectivity index (χ2n) is 16.8. The van der Waals surface area contributed by atoms with Crippen molar-refractivity contribution in [1.29, 1.82) is 10.5 Å². The summed E-state index contributed by atoms with van der Waals surface area (Å²) in [7, 11) is 0. The fourth-order valence-electron chi connectivity index (χ4n) is 10.0. The number of carbonyl (C=O) groups is 2. The standard InChI is InChI=1S/C55H46N4O2/c1-6-41(36(5)35(4)34(3)33(2)31-56)47-30-48-45-23-14-22-44(40-28-26-37(32-57)27-29-40)52(45)58(53(47)48)49-25-15-24-46-50(49)55(61)59(54(46)60)51-42(38-16-9-7-10-17-38)20-13-21-43(51)39-18-11-8-12-19-39/h6-29,33-36,41,47H,1,30H2,2-5H3/t33-,34-,35+,36-,41-,47?/m0/s1. The summed E-state index contributed by atoms with van der Waals surface area (Å²) in [6.45, 7) is 13.1. The lowest BCUT2D eigenvalue weighted by molar-refractivity contribution is 0.0926. The molecule has 298 valence electrons. The molecular formula is C55H46N4O2. The van der Waals surface area contributed by atoms with Gasteiger partial charge in [-0.2, -0.15) is 10.5 Å². The molecule has 9 rings (SSSR count). The molecule has 2 heterocycles. The van der Waals surface area contributed by atoms with E-state index < -0.39 is 0 Å². The SMILES string of the molecule is C=C[C@H](C1Cc2c1n(-c1cccc3c1C(=O)N(c1c(-c4ccccc4)cccc1-c1ccccc1)C3=O)c1c(-c3ccc(C#N)cc3)cccc21)[C@@H](C)[C@H](C)[C@@H](C)[C@@H](C)C#N. The summed E-state index contributed by atoms with van der Waals surface area (Å²) in [5.74, 6) is -0.0550. The zero-order valence-electron chi connectivity index (χ0n) is 34.8. The molecule has 1 aliphatic heterocycles. The monoisotopic (exact) mass is 794 g/mol. The summed E-state index contributed by atoms with van der Waals surface area (Å²) in [6, 6.07) is 50.1. The van der Waals surface area contributed by atoms with Gasteiger partial charge >= 0.3 is 0 Å². The Kier molecular flexibility index (Phi) is 10.1. The number of rotatable bonds is 11. The molecule has 1 aromatic heterocycles. The van der Waals surface area contributed by atoms with Crippen molar-refractivity contribution in [3.8, 4) is 51.2 Å². The first kappa shape index (κ1) is 39.2. The predicted octanol–water partition coefficient (Wildman–Crippen LogP) is 12.8. The molecule has 0 N–H and O–H groups in total. The van der Waals surface area contributed by atoms with Gasteiger partial charge < -0.3 is 4.57 Å². The maximum absolute atomic E-state index is 15.5. The Morgan fingerprint density at radius 1 is 0.639 bits per heavy atom. The van der Waals surface area contributed by atoms with Gasteiger partial charge in [-0.1, -0.05) is 142 Å². The van der Waals surface area contributed by atoms with Crippen LogP contribution in [0.2, 0.25) is 0 Å². The van der Waals surface area contributed by atoms with E-state index in [-0.39, 0.29) is 47.3 Å². The van der Waals surface area contributed by atoms with Crippen molar-refractivity contribution in [3.05, 3.63) is 180 Å². The maximum Gasteiger partial charge on any atom is 0.268 e. The molecule has 6 atom stereocenters. The number of carbonyl (C=O) groups excluding carboxylic acids is 2. The fraction of sp³-hybridized carbons (Fsp3) is 0.200. The highest BCUT2D eigenvalue weighted by Gasteiger charge is 2.45. The topological polar surface area (TPSA) is 89.9 Å². The van der Waals surface area contributed by atoms with Crippen LogP contribution >= 0.6 is 0 Å². The molecule has 61 heavy (non-hydrogen) atoms. The summed E-state index contributed by atoms with van der Waals surface area (Å²) in [5, 5.41) is 20.6. The van der Waals surface area contributed by atoms with E-state index in [9.17, 15) is 10.5 Å². The van der Waals surface area contributed by atoms with Gasteiger partial charge in [0.1, 0.15) is 0 Å². The van der Waals surface area contributed by atoms with E-state index in [0.717, 1.165) is 56.4 Å². The summed E-state index contributed by atoms with van der Waals surface area (Å²) in [5.41, 5.74) is 11.1. The third kappa shape index (κ3) is 6.30. The molecule has 0 spiro atoms. The molecule has 0 saturated carbocycles. The minimum atomic E-state index is -0.375. The molecule has 6 nitrogen and oxygen atoms in total. The molecule has 0 saturated heterocycles. The van der Waals surface area contributed by atoms with Crippen molar-refractivity contribution in [2.75, 3.05) is 4.90 Å². The Hall–Kier alpha value is -7.28. The number of nitrogens with zero attached hydrogens (tertiary/aromatic N) is 4. The van der Waals surface area contributed by atoms with Crippen molar-refractivity contribution in [3.63, 3.8) is 0 Å². The number of hydrogen-bond acceptors (Lipinski definition) is 4. The lowest BCUT2D eigenvalue weighted by Gasteiger charge is -2.41. The van der Waals surface area contributed by atoms with Crippen molar-refractivity contribution in [2.24, 2.45) is 29.6 Å². The van der Waals surface area contributed by atoms with Crippen LogP contribution in [0.3, 0.4) is 0 Å². The Morgan fingerprint density at radius 3 is 1.82 bits per heavy atom. The highest BCUT2D eigenvalue weighted by molar-refractivity contribution is 6.37. The number of nitriles is 2. The van der Waals surface area contributed by atoms with Gasteiger partial charge in [-0.3, -0.25) is 9.59 Å². The highest BCUT2D eigenvalue weighted by Crippen LogP contribution is 2.53. The smallest absolute Gasteiger partial charge is 0.268 e. The van der Waals surface area contributed by atoms with E-state index in [1.165, 1.54) is 10.5 Å². The Bertz CT molecular complexity index is 2890. The molecule has 0 fully saturated rings. The maximum atomic E-state index is 15.5. The zero-order valence-corrected chi connectivity index (χ0v) is 34.8. The molecular weight excluding hydrogens is 749 g/mol. The fourth-order valence-corrected chi connectivity index (χ4v) is 10.0. The van der Waals surface area contributed by atoms with Crippen LogP contribution in [0.5, 0.6) is 0 Å². The zero-order chi connectivity index (χ0) is 42.5. The number of imide groups is 1. The second-order valence-corrected chi connectivity index (χ2v) is 16.8. The van der Waals surface area contributed by atoms with Crippen LogP contribution in [0, 0.1) is 52.3 Å². The summed E-state index contributed by atoms with van der Waals surface area (Å²) in [6.07, 6.45) is 2.91. The van der Waals surface area contributed by atoms with Crippen LogP contribution in [0.1, 0.15) is 71.1 Å². The molecule has 2 amide bonds. The third-order valence-corrected chi connectivity index (χ3v) is 13.8. The van der Waals surface area contributed by atoms with Gasteiger partial charge in [0.05, 0.1) is 45.7 Å². The Balaban J connectivity index is 1.27. The van der Waals surface area contributed by atoms with Gasteiger partial charge in [0.2, 0.25) is 0 Å². The lowest BCUT2D eigenvalue weighted by Crippen LogP contribution is -2.34. The van der Waals surface area contributed by atoms with E-state index in [2.05, 4.69) is 68.3 Å². The second kappa shape index (κ2) is 15.7. The normalized spacial score (nSPS) is 16.7. The number of aromatic nitrogens is 1. The first-order valence-corrected chi connectivity index (χ1v) is 21.1. The van der Waals surface area contributed by atoms with Crippen molar-refractivity contribution in [1.82, 2.24) is 4.57 Å². The van der Waals surface area contributed by atoms with Gasteiger partial charge in [-0.15, -0.1) is 6.58 Å². The van der Waals surface area contributed by atoms with Crippen LogP contribution in [-0.4, -0.2) is 16.4 Å². The van der Waals surface area contributed by atoms with E-state index >= 15 is 9.59 Å². The molecule has 6 heteroatoms. The average molecular weight is 795 g/mol. The summed E-state index contributed by atoms with van der Waals surface area (Å²) < 4.78 is 2.26. The largest absolute Gasteiger partial charge is 0.312 e. The van der Waals surface area contributed by atoms with E-state index in [1.54, 1.807) is 6.07 Å². The molecule has 1 aliphatic carbocycles. The molecule has 0 bridgehead atoms. The van der Waals surface area contributed by atoms with Crippen LogP contribution in [0.4, 0.5) is 5.69 Å². The minimum absolute atomic E-state index is 0.0680. The number of fused-ring (bicyclic) bond motifs is 4. The number of benzene rings is 6. The van der Waals surface area contributed by atoms with Gasteiger partial charge in [0, 0.05) is 39.6 Å². The number of amides is 2. The average Bonchev–Trinajstić information content (AvgIpc) is 3.72. The molecule has 1 unspecified atom stereocenters. The number of hydrogen-bond donors (Lipinski definition) is 0. The lowest BCUT2D eigenvalue weighted by atomic mass is 9.64. The van der Waals surface area contributed by atoms with Crippen LogP contribution in [0.15, 0.2) is 152 Å².